The maximum Gasteiger partial charge on any atom is 0.272 e. The van der Waals surface area contributed by atoms with Gasteiger partial charge in [-0.1, -0.05) is 6.07 Å². The van der Waals surface area contributed by atoms with Crippen LogP contribution >= 0.6 is 0 Å². The molecule has 0 saturated heterocycles. The molecule has 110 valence electrons. The van der Waals surface area contributed by atoms with Gasteiger partial charge in [-0.2, -0.15) is 5.10 Å². The van der Waals surface area contributed by atoms with E-state index in [1.807, 2.05) is 0 Å². The lowest BCUT2D eigenvalue weighted by molar-refractivity contribution is 0.0944. The summed E-state index contributed by atoms with van der Waals surface area (Å²) in [4.78, 5) is 12.0. The third kappa shape index (κ3) is 2.86. The Morgan fingerprint density at radius 3 is 3.00 bits per heavy atom. The molecular formula is C14H13F2N3O2. The first-order valence-electron chi connectivity index (χ1n) is 6.56. The fourth-order valence-corrected chi connectivity index (χ4v) is 2.11. The lowest BCUT2D eigenvalue weighted by atomic mass is 10.2. The third-order valence-corrected chi connectivity index (χ3v) is 3.19. The third-order valence-electron chi connectivity index (χ3n) is 3.19. The second kappa shape index (κ2) is 5.51. The number of aromatic nitrogens is 2. The minimum Gasteiger partial charge on any atom is -0.478 e. The van der Waals surface area contributed by atoms with E-state index in [0.29, 0.717) is 19.0 Å². The minimum absolute atomic E-state index is 0.0337. The number of benzene rings is 1. The van der Waals surface area contributed by atoms with Gasteiger partial charge in [-0.05, 0) is 6.07 Å². The van der Waals surface area contributed by atoms with Crippen molar-refractivity contribution in [3.63, 3.8) is 0 Å². The molecule has 21 heavy (non-hydrogen) atoms. The number of ether oxygens (including phenoxy) is 1. The van der Waals surface area contributed by atoms with Crippen LogP contribution in [0.4, 0.5) is 8.78 Å². The van der Waals surface area contributed by atoms with Gasteiger partial charge in [-0.3, -0.25) is 4.79 Å². The molecule has 7 heteroatoms. The van der Waals surface area contributed by atoms with Gasteiger partial charge in [0.25, 0.3) is 5.91 Å². The maximum atomic E-state index is 13.5. The highest BCUT2D eigenvalue weighted by molar-refractivity contribution is 5.92. The Bertz CT molecular complexity index is 661. The highest BCUT2D eigenvalue weighted by Crippen LogP contribution is 2.18. The Morgan fingerprint density at radius 2 is 2.24 bits per heavy atom. The lowest BCUT2D eigenvalue weighted by Gasteiger charge is -2.13. The van der Waals surface area contributed by atoms with Crippen LogP contribution in [0, 0.1) is 11.6 Å². The van der Waals surface area contributed by atoms with Crippen LogP contribution in [0.2, 0.25) is 0 Å². The molecular weight excluding hydrogens is 280 g/mol. The molecule has 0 unspecified atom stereocenters. The summed E-state index contributed by atoms with van der Waals surface area (Å²) in [6, 6.07) is 4.78. The molecule has 2 heterocycles. The van der Waals surface area contributed by atoms with Crippen molar-refractivity contribution in [1.82, 2.24) is 15.1 Å². The highest BCUT2D eigenvalue weighted by atomic mass is 19.1. The van der Waals surface area contributed by atoms with Crippen molar-refractivity contribution >= 4 is 5.91 Å². The predicted octanol–water partition coefficient (Wildman–Crippen LogP) is 1.87. The molecule has 0 radical (unpaired) electrons. The van der Waals surface area contributed by atoms with E-state index in [2.05, 4.69) is 10.4 Å². The first kappa shape index (κ1) is 13.5. The Labute approximate surface area is 119 Å². The second-order valence-corrected chi connectivity index (χ2v) is 4.71. The zero-order valence-corrected chi connectivity index (χ0v) is 11.1. The first-order valence-corrected chi connectivity index (χ1v) is 6.56. The van der Waals surface area contributed by atoms with E-state index < -0.39 is 17.5 Å². The number of carbonyl (C=O) groups is 1. The van der Waals surface area contributed by atoms with Crippen LogP contribution < -0.4 is 10.1 Å². The molecule has 3 rings (SSSR count). The van der Waals surface area contributed by atoms with Crippen molar-refractivity contribution in [3.8, 4) is 5.88 Å². The van der Waals surface area contributed by atoms with Gasteiger partial charge in [0.2, 0.25) is 5.88 Å². The summed E-state index contributed by atoms with van der Waals surface area (Å²) in [6.07, 6.45) is 0.844. The van der Waals surface area contributed by atoms with E-state index in [0.717, 1.165) is 18.6 Å². The Hall–Kier alpha value is -2.44. The number of aryl methyl sites for hydroxylation is 1. The van der Waals surface area contributed by atoms with Gasteiger partial charge < -0.3 is 10.1 Å². The summed E-state index contributed by atoms with van der Waals surface area (Å²) in [7, 11) is 0. The van der Waals surface area contributed by atoms with Crippen molar-refractivity contribution in [2.75, 3.05) is 6.61 Å². The second-order valence-electron chi connectivity index (χ2n) is 4.71. The van der Waals surface area contributed by atoms with Crippen molar-refractivity contribution in [2.24, 2.45) is 0 Å². The largest absolute Gasteiger partial charge is 0.478 e. The van der Waals surface area contributed by atoms with Gasteiger partial charge in [0.15, 0.2) is 5.69 Å². The van der Waals surface area contributed by atoms with Gasteiger partial charge in [-0.25, -0.2) is 13.5 Å². The Morgan fingerprint density at radius 1 is 1.38 bits per heavy atom. The molecule has 1 N–H and O–H groups in total. The molecule has 1 amide bonds. The van der Waals surface area contributed by atoms with Gasteiger partial charge in [0.05, 0.1) is 6.61 Å². The zero-order valence-electron chi connectivity index (χ0n) is 11.1. The Balaban J connectivity index is 1.67. The van der Waals surface area contributed by atoms with Gasteiger partial charge in [-0.15, -0.1) is 0 Å². The lowest BCUT2D eigenvalue weighted by Crippen LogP contribution is -2.24. The van der Waals surface area contributed by atoms with E-state index in [4.69, 9.17) is 4.74 Å². The van der Waals surface area contributed by atoms with Gasteiger partial charge in [0, 0.05) is 37.2 Å². The number of hydrogen-bond donors (Lipinski definition) is 1. The number of fused-ring (bicyclic) bond motifs is 1. The van der Waals surface area contributed by atoms with Gasteiger partial charge in [0.1, 0.15) is 11.6 Å². The zero-order chi connectivity index (χ0) is 14.8. The summed E-state index contributed by atoms with van der Waals surface area (Å²) in [5, 5.41) is 6.68. The van der Waals surface area contributed by atoms with E-state index in [-0.39, 0.29) is 17.8 Å². The number of rotatable bonds is 3. The number of amides is 1. The molecule has 5 nitrogen and oxygen atoms in total. The van der Waals surface area contributed by atoms with Crippen LogP contribution in [0.1, 0.15) is 22.5 Å². The van der Waals surface area contributed by atoms with Gasteiger partial charge >= 0.3 is 0 Å². The maximum absolute atomic E-state index is 13.5. The monoisotopic (exact) mass is 293 g/mol. The summed E-state index contributed by atoms with van der Waals surface area (Å²) in [5.41, 5.74) is 0.430. The first-order chi connectivity index (χ1) is 10.1. The van der Waals surface area contributed by atoms with Crippen LogP contribution in [0.5, 0.6) is 5.88 Å². The van der Waals surface area contributed by atoms with Crippen LogP contribution in [-0.2, 0) is 13.1 Å². The molecule has 2 aromatic rings. The molecule has 0 fully saturated rings. The number of nitrogens with one attached hydrogen (secondary N) is 1. The van der Waals surface area contributed by atoms with Crippen molar-refractivity contribution < 1.29 is 18.3 Å². The number of hydrogen-bond acceptors (Lipinski definition) is 3. The number of nitrogens with zero attached hydrogens (tertiary/aromatic N) is 2. The van der Waals surface area contributed by atoms with E-state index >= 15 is 0 Å². The summed E-state index contributed by atoms with van der Waals surface area (Å²) in [5.74, 6) is -1.21. The molecule has 0 aliphatic carbocycles. The topological polar surface area (TPSA) is 56.2 Å². The van der Waals surface area contributed by atoms with Crippen molar-refractivity contribution in [2.45, 2.75) is 19.5 Å². The average Bonchev–Trinajstić information content (AvgIpc) is 2.90. The summed E-state index contributed by atoms with van der Waals surface area (Å²) < 4.78 is 33.2. The molecule has 0 spiro atoms. The molecule has 1 aromatic carbocycles. The normalized spacial score (nSPS) is 13.4. The standard InChI is InChI=1S/C14H13F2N3O2/c15-10-3-2-9(11(16)6-10)8-17-14(20)12-7-13-19(18-12)4-1-5-21-13/h2-3,6-7H,1,4-5,8H2,(H,17,20). The predicted molar refractivity (Wildman–Crippen MR) is 69.9 cm³/mol. The Kier molecular flexibility index (Phi) is 3.55. The van der Waals surface area contributed by atoms with E-state index in [1.165, 1.54) is 6.07 Å². The molecule has 1 aliphatic rings. The molecule has 1 aliphatic heterocycles. The molecule has 0 bridgehead atoms. The van der Waals surface area contributed by atoms with Crippen LogP contribution in [0.25, 0.3) is 0 Å². The van der Waals surface area contributed by atoms with Crippen LogP contribution in [-0.4, -0.2) is 22.3 Å². The minimum atomic E-state index is -0.692. The summed E-state index contributed by atoms with van der Waals surface area (Å²) in [6.45, 7) is 1.27. The average molecular weight is 293 g/mol. The molecule has 0 atom stereocenters. The molecule has 1 aromatic heterocycles. The molecule has 0 saturated carbocycles. The van der Waals surface area contributed by atoms with E-state index in [9.17, 15) is 13.6 Å². The highest BCUT2D eigenvalue weighted by Gasteiger charge is 2.18. The number of carbonyl (C=O) groups excluding carboxylic acids is 1. The van der Waals surface area contributed by atoms with Crippen molar-refractivity contribution in [1.29, 1.82) is 0 Å². The summed E-state index contributed by atoms with van der Waals surface area (Å²) >= 11 is 0. The van der Waals surface area contributed by atoms with E-state index in [1.54, 1.807) is 10.7 Å². The fourth-order valence-electron chi connectivity index (χ4n) is 2.11. The van der Waals surface area contributed by atoms with Crippen LogP contribution in [0.15, 0.2) is 24.3 Å². The quantitative estimate of drug-likeness (QED) is 0.940. The van der Waals surface area contributed by atoms with Crippen molar-refractivity contribution in [3.05, 3.63) is 47.2 Å². The fraction of sp³-hybridized carbons (Fsp3) is 0.286. The van der Waals surface area contributed by atoms with Crippen LogP contribution in [0.3, 0.4) is 0 Å². The smallest absolute Gasteiger partial charge is 0.272 e. The number of halogens is 2. The SMILES string of the molecule is O=C(NCc1ccc(F)cc1F)c1cc2n(n1)CCCO2.